The second-order valence-corrected chi connectivity index (χ2v) is 5.59. The van der Waals surface area contributed by atoms with Gasteiger partial charge in [-0.25, -0.2) is 9.50 Å². The molecule has 0 aliphatic rings. The third-order valence-electron chi connectivity index (χ3n) is 3.24. The van der Waals surface area contributed by atoms with Gasteiger partial charge in [-0.1, -0.05) is 11.8 Å². The van der Waals surface area contributed by atoms with Crippen molar-refractivity contribution in [1.29, 1.82) is 0 Å². The maximum Gasteiger partial charge on any atom is 0.573 e. The van der Waals surface area contributed by atoms with Gasteiger partial charge >= 0.3 is 6.36 Å². The van der Waals surface area contributed by atoms with Crippen LogP contribution < -0.4 is 4.74 Å². The normalized spacial score (nSPS) is 11.9. The molecule has 3 aromatic rings. The van der Waals surface area contributed by atoms with E-state index in [1.807, 2.05) is 18.4 Å². The molecule has 0 aliphatic heterocycles. The third kappa shape index (κ3) is 3.26. The SMILES string of the molecule is CSc1nc(-c2ccc(OC(F)(F)F)cc2C)cc2ccnn12. The van der Waals surface area contributed by atoms with E-state index in [1.54, 1.807) is 23.7 Å². The fraction of sp³-hybridized carbons (Fsp3) is 0.200. The predicted octanol–water partition coefficient (Wildman–Crippen LogP) is 4.33. The van der Waals surface area contributed by atoms with Crippen LogP contribution in [0.2, 0.25) is 0 Å². The molecule has 0 N–H and O–H groups in total. The molecule has 2 heterocycles. The molecule has 0 aliphatic carbocycles. The molecule has 1 aromatic carbocycles. The number of halogens is 3. The van der Waals surface area contributed by atoms with E-state index in [0.29, 0.717) is 16.4 Å². The Morgan fingerprint density at radius 2 is 1.96 bits per heavy atom. The van der Waals surface area contributed by atoms with Crippen LogP contribution in [0, 0.1) is 6.92 Å². The van der Waals surface area contributed by atoms with E-state index < -0.39 is 6.36 Å². The number of hydrogen-bond donors (Lipinski definition) is 0. The minimum atomic E-state index is -4.70. The lowest BCUT2D eigenvalue weighted by Crippen LogP contribution is -2.17. The first-order valence-corrected chi connectivity index (χ1v) is 7.85. The zero-order chi connectivity index (χ0) is 16.6. The molecule has 0 fully saturated rings. The maximum absolute atomic E-state index is 12.3. The van der Waals surface area contributed by atoms with Gasteiger partial charge in [-0.2, -0.15) is 5.10 Å². The molecule has 8 heteroatoms. The predicted molar refractivity (Wildman–Crippen MR) is 81.6 cm³/mol. The van der Waals surface area contributed by atoms with Gasteiger partial charge in [0.1, 0.15) is 5.75 Å². The summed E-state index contributed by atoms with van der Waals surface area (Å²) in [5, 5.41) is 4.90. The Morgan fingerprint density at radius 1 is 1.17 bits per heavy atom. The van der Waals surface area contributed by atoms with Gasteiger partial charge in [0.05, 0.1) is 17.4 Å². The Bertz CT molecular complexity index is 861. The van der Waals surface area contributed by atoms with Crippen molar-refractivity contribution in [3.8, 4) is 17.0 Å². The highest BCUT2D eigenvalue weighted by molar-refractivity contribution is 7.98. The van der Waals surface area contributed by atoms with Crippen molar-refractivity contribution < 1.29 is 17.9 Å². The van der Waals surface area contributed by atoms with Gasteiger partial charge in [0, 0.05) is 5.56 Å². The largest absolute Gasteiger partial charge is 0.573 e. The van der Waals surface area contributed by atoms with Crippen LogP contribution in [0.5, 0.6) is 5.75 Å². The minimum absolute atomic E-state index is 0.241. The molecule has 2 aromatic heterocycles. The summed E-state index contributed by atoms with van der Waals surface area (Å²) in [4.78, 5) is 4.53. The van der Waals surface area contributed by atoms with Gasteiger partial charge in [-0.05, 0) is 49.1 Å². The quantitative estimate of drug-likeness (QED) is 0.526. The lowest BCUT2D eigenvalue weighted by Gasteiger charge is -2.12. The van der Waals surface area contributed by atoms with Gasteiger partial charge < -0.3 is 4.74 Å². The summed E-state index contributed by atoms with van der Waals surface area (Å²) in [5.74, 6) is -0.241. The fourth-order valence-electron chi connectivity index (χ4n) is 2.30. The van der Waals surface area contributed by atoms with Crippen molar-refractivity contribution >= 4 is 17.3 Å². The molecule has 0 radical (unpaired) electrons. The Hall–Kier alpha value is -2.22. The first-order chi connectivity index (χ1) is 10.9. The van der Waals surface area contributed by atoms with Gasteiger partial charge in [-0.3, -0.25) is 0 Å². The first kappa shape index (κ1) is 15.7. The average molecular weight is 339 g/mol. The van der Waals surface area contributed by atoms with E-state index in [9.17, 15) is 13.2 Å². The Kier molecular flexibility index (Phi) is 3.93. The molecule has 0 bridgehead atoms. The number of alkyl halides is 3. The van der Waals surface area contributed by atoms with E-state index in [-0.39, 0.29) is 5.75 Å². The zero-order valence-electron chi connectivity index (χ0n) is 12.3. The van der Waals surface area contributed by atoms with E-state index in [0.717, 1.165) is 11.1 Å². The fourth-order valence-corrected chi connectivity index (χ4v) is 2.81. The molecule has 4 nitrogen and oxygen atoms in total. The Balaban J connectivity index is 2.05. The molecule has 0 amide bonds. The molecule has 0 saturated heterocycles. The van der Waals surface area contributed by atoms with Crippen LogP contribution in [0.25, 0.3) is 16.8 Å². The van der Waals surface area contributed by atoms with Crippen molar-refractivity contribution in [3.63, 3.8) is 0 Å². The molecule has 120 valence electrons. The van der Waals surface area contributed by atoms with Crippen molar-refractivity contribution in [2.75, 3.05) is 6.26 Å². The van der Waals surface area contributed by atoms with Crippen LogP contribution >= 0.6 is 11.8 Å². The molecule has 0 unspecified atom stereocenters. The standard InChI is InChI=1S/C15H12F3N3OS/c1-9-7-11(22-15(16,17)18)3-4-12(9)13-8-10-5-6-19-21(10)14(20-13)23-2/h3-8H,1-2H3. The summed E-state index contributed by atoms with van der Waals surface area (Å²) in [6, 6.07) is 7.91. The molecular weight excluding hydrogens is 327 g/mol. The summed E-state index contributed by atoms with van der Waals surface area (Å²) < 4.78 is 42.5. The van der Waals surface area contributed by atoms with Gasteiger partial charge in [-0.15, -0.1) is 13.2 Å². The summed E-state index contributed by atoms with van der Waals surface area (Å²) >= 11 is 1.44. The molecular formula is C15H12F3N3OS. The number of nitrogens with zero attached hydrogens (tertiary/aromatic N) is 3. The van der Waals surface area contributed by atoms with Crippen molar-refractivity contribution in [3.05, 3.63) is 42.1 Å². The number of fused-ring (bicyclic) bond motifs is 1. The number of rotatable bonds is 3. The molecule has 0 saturated carbocycles. The summed E-state index contributed by atoms with van der Waals surface area (Å²) in [5.41, 5.74) is 2.95. The van der Waals surface area contributed by atoms with Crippen LogP contribution in [0.4, 0.5) is 13.2 Å². The van der Waals surface area contributed by atoms with Crippen molar-refractivity contribution in [2.45, 2.75) is 18.4 Å². The highest BCUT2D eigenvalue weighted by Gasteiger charge is 2.31. The van der Waals surface area contributed by atoms with Crippen LogP contribution in [-0.4, -0.2) is 27.2 Å². The molecule has 0 atom stereocenters. The number of aryl methyl sites for hydroxylation is 1. The highest BCUT2D eigenvalue weighted by Crippen LogP contribution is 2.30. The van der Waals surface area contributed by atoms with Crippen LogP contribution in [0.1, 0.15) is 5.56 Å². The van der Waals surface area contributed by atoms with Crippen LogP contribution in [0.3, 0.4) is 0 Å². The van der Waals surface area contributed by atoms with Crippen LogP contribution in [0.15, 0.2) is 41.7 Å². The topological polar surface area (TPSA) is 39.4 Å². The molecule has 0 spiro atoms. The number of hydrogen-bond acceptors (Lipinski definition) is 4. The summed E-state index contributed by atoms with van der Waals surface area (Å²) in [6.07, 6.45) is -1.14. The summed E-state index contributed by atoms with van der Waals surface area (Å²) in [6.45, 7) is 1.72. The zero-order valence-corrected chi connectivity index (χ0v) is 13.1. The molecule has 3 rings (SSSR count). The Labute approximate surface area is 134 Å². The van der Waals surface area contributed by atoms with Gasteiger partial charge in [0.15, 0.2) is 5.16 Å². The average Bonchev–Trinajstić information content (AvgIpc) is 2.93. The van der Waals surface area contributed by atoms with E-state index in [1.165, 1.54) is 23.9 Å². The number of thioether (sulfide) groups is 1. The van der Waals surface area contributed by atoms with Crippen LogP contribution in [-0.2, 0) is 0 Å². The van der Waals surface area contributed by atoms with E-state index in [4.69, 9.17) is 0 Å². The molecule has 23 heavy (non-hydrogen) atoms. The monoisotopic (exact) mass is 339 g/mol. The van der Waals surface area contributed by atoms with Gasteiger partial charge in [0.25, 0.3) is 0 Å². The third-order valence-corrected chi connectivity index (χ3v) is 3.87. The number of ether oxygens (including phenoxy) is 1. The lowest BCUT2D eigenvalue weighted by atomic mass is 10.0. The maximum atomic E-state index is 12.3. The first-order valence-electron chi connectivity index (χ1n) is 6.63. The second kappa shape index (κ2) is 5.77. The Morgan fingerprint density at radius 3 is 2.61 bits per heavy atom. The smallest absolute Gasteiger partial charge is 0.406 e. The van der Waals surface area contributed by atoms with E-state index >= 15 is 0 Å². The highest BCUT2D eigenvalue weighted by atomic mass is 32.2. The van der Waals surface area contributed by atoms with E-state index in [2.05, 4.69) is 14.8 Å². The van der Waals surface area contributed by atoms with Crippen molar-refractivity contribution in [1.82, 2.24) is 14.6 Å². The van der Waals surface area contributed by atoms with Gasteiger partial charge in [0.2, 0.25) is 0 Å². The number of benzene rings is 1. The summed E-state index contributed by atoms with van der Waals surface area (Å²) in [7, 11) is 0. The van der Waals surface area contributed by atoms with Crippen molar-refractivity contribution in [2.24, 2.45) is 0 Å². The minimum Gasteiger partial charge on any atom is -0.406 e. The lowest BCUT2D eigenvalue weighted by molar-refractivity contribution is -0.274. The number of aromatic nitrogens is 3. The second-order valence-electron chi connectivity index (χ2n) is 4.82.